The molecule has 2 nitrogen and oxygen atoms in total. The number of hydrogen-bond acceptors (Lipinski definition) is 2. The third kappa shape index (κ3) is 2.07. The minimum atomic E-state index is -0.411. The third-order valence-corrected chi connectivity index (χ3v) is 2.88. The Labute approximate surface area is 74.0 Å². The van der Waals surface area contributed by atoms with Gasteiger partial charge in [-0.2, -0.15) is 0 Å². The summed E-state index contributed by atoms with van der Waals surface area (Å²) in [7, 11) is 0. The van der Waals surface area contributed by atoms with Crippen LogP contribution < -0.4 is 0 Å². The SMILES string of the molecule is CC(=O)[C@@H]1CCC(C)(C)C[C@@H]1O. The molecule has 1 aliphatic carbocycles. The summed E-state index contributed by atoms with van der Waals surface area (Å²) in [6.45, 7) is 5.87. The van der Waals surface area contributed by atoms with Gasteiger partial charge in [0, 0.05) is 5.92 Å². The summed E-state index contributed by atoms with van der Waals surface area (Å²) < 4.78 is 0. The highest BCUT2D eigenvalue weighted by Gasteiger charge is 2.35. The van der Waals surface area contributed by atoms with E-state index in [0.29, 0.717) is 0 Å². The first kappa shape index (κ1) is 9.72. The van der Waals surface area contributed by atoms with Gasteiger partial charge >= 0.3 is 0 Å². The Kier molecular flexibility index (Phi) is 2.57. The molecule has 0 saturated heterocycles. The molecule has 1 aliphatic rings. The van der Waals surface area contributed by atoms with Crippen LogP contribution >= 0.6 is 0 Å². The topological polar surface area (TPSA) is 37.3 Å². The lowest BCUT2D eigenvalue weighted by Gasteiger charge is -2.37. The van der Waals surface area contributed by atoms with E-state index >= 15 is 0 Å². The van der Waals surface area contributed by atoms with E-state index in [9.17, 15) is 9.90 Å². The minimum absolute atomic E-state index is 0.0991. The molecule has 1 N–H and O–H groups in total. The van der Waals surface area contributed by atoms with Gasteiger partial charge in [-0.1, -0.05) is 13.8 Å². The van der Waals surface area contributed by atoms with Crippen LogP contribution in [0.3, 0.4) is 0 Å². The summed E-state index contributed by atoms with van der Waals surface area (Å²) in [4.78, 5) is 11.1. The van der Waals surface area contributed by atoms with Crippen LogP contribution in [-0.2, 0) is 4.79 Å². The molecular formula is C10H18O2. The fourth-order valence-electron chi connectivity index (χ4n) is 2.02. The molecule has 0 aliphatic heterocycles. The van der Waals surface area contributed by atoms with E-state index in [0.717, 1.165) is 19.3 Å². The molecule has 0 aromatic heterocycles. The fourth-order valence-corrected chi connectivity index (χ4v) is 2.02. The number of ketones is 1. The number of Topliss-reactive ketones (excluding diaryl/α,β-unsaturated/α-hetero) is 1. The lowest BCUT2D eigenvalue weighted by molar-refractivity contribution is -0.127. The molecule has 1 fully saturated rings. The lowest BCUT2D eigenvalue weighted by Crippen LogP contribution is -2.37. The highest BCUT2D eigenvalue weighted by atomic mass is 16.3. The fraction of sp³-hybridized carbons (Fsp3) is 0.900. The van der Waals surface area contributed by atoms with E-state index < -0.39 is 6.10 Å². The number of rotatable bonds is 1. The molecule has 0 bridgehead atoms. The maximum atomic E-state index is 11.1. The Bertz CT molecular complexity index is 184. The summed E-state index contributed by atoms with van der Waals surface area (Å²) >= 11 is 0. The standard InChI is InChI=1S/C10H18O2/c1-7(11)8-4-5-10(2,3)6-9(8)12/h8-9,12H,4-6H2,1-3H3/t8-,9-/m0/s1. The van der Waals surface area contributed by atoms with Gasteiger partial charge < -0.3 is 5.11 Å². The van der Waals surface area contributed by atoms with Crippen molar-refractivity contribution < 1.29 is 9.90 Å². The maximum Gasteiger partial charge on any atom is 0.135 e. The van der Waals surface area contributed by atoms with Gasteiger partial charge in [0.1, 0.15) is 5.78 Å². The van der Waals surface area contributed by atoms with Gasteiger partial charge in [0.2, 0.25) is 0 Å². The summed E-state index contributed by atoms with van der Waals surface area (Å²) in [5.41, 5.74) is 0.214. The van der Waals surface area contributed by atoms with Crippen LogP contribution in [-0.4, -0.2) is 17.0 Å². The van der Waals surface area contributed by atoms with Crippen LogP contribution in [0.2, 0.25) is 0 Å². The molecule has 2 atom stereocenters. The zero-order valence-corrected chi connectivity index (χ0v) is 8.13. The average Bonchev–Trinajstić information content (AvgIpc) is 1.83. The monoisotopic (exact) mass is 170 g/mol. The Morgan fingerprint density at radius 3 is 2.50 bits per heavy atom. The van der Waals surface area contributed by atoms with E-state index in [1.165, 1.54) is 0 Å². The third-order valence-electron chi connectivity index (χ3n) is 2.88. The zero-order chi connectivity index (χ0) is 9.35. The predicted molar refractivity (Wildman–Crippen MR) is 47.8 cm³/mol. The number of carbonyl (C=O) groups excluding carboxylic acids is 1. The smallest absolute Gasteiger partial charge is 0.135 e. The van der Waals surface area contributed by atoms with E-state index in [4.69, 9.17) is 0 Å². The second-order valence-corrected chi connectivity index (χ2v) is 4.69. The number of hydrogen-bond donors (Lipinski definition) is 1. The van der Waals surface area contributed by atoms with Crippen molar-refractivity contribution in [2.75, 3.05) is 0 Å². The highest BCUT2D eigenvalue weighted by molar-refractivity contribution is 5.78. The largest absolute Gasteiger partial charge is 0.392 e. The van der Waals surface area contributed by atoms with Gasteiger partial charge in [-0.25, -0.2) is 0 Å². The maximum absolute atomic E-state index is 11.1. The van der Waals surface area contributed by atoms with Crippen molar-refractivity contribution in [3.8, 4) is 0 Å². The predicted octanol–water partition coefficient (Wildman–Crippen LogP) is 1.76. The Morgan fingerprint density at radius 1 is 1.50 bits per heavy atom. The van der Waals surface area contributed by atoms with Crippen molar-refractivity contribution in [1.29, 1.82) is 0 Å². The zero-order valence-electron chi connectivity index (χ0n) is 8.13. The molecule has 1 rings (SSSR count). The molecule has 2 heteroatoms. The first-order valence-electron chi connectivity index (χ1n) is 4.61. The molecule has 70 valence electrons. The molecule has 12 heavy (non-hydrogen) atoms. The first-order valence-corrected chi connectivity index (χ1v) is 4.61. The van der Waals surface area contributed by atoms with Crippen LogP contribution in [0.5, 0.6) is 0 Å². The summed E-state index contributed by atoms with van der Waals surface area (Å²) in [5.74, 6) is 0.0380. The number of aliphatic hydroxyl groups excluding tert-OH is 1. The molecular weight excluding hydrogens is 152 g/mol. The lowest BCUT2D eigenvalue weighted by atomic mass is 9.70. The summed E-state index contributed by atoms with van der Waals surface area (Å²) in [6, 6.07) is 0. The van der Waals surface area contributed by atoms with Crippen LogP contribution in [0.15, 0.2) is 0 Å². The molecule has 0 aromatic rings. The van der Waals surface area contributed by atoms with E-state index in [1.54, 1.807) is 6.92 Å². The van der Waals surface area contributed by atoms with Gasteiger partial charge in [-0.3, -0.25) is 4.79 Å². The number of carbonyl (C=O) groups is 1. The molecule has 0 radical (unpaired) electrons. The molecule has 0 heterocycles. The average molecular weight is 170 g/mol. The molecule has 1 saturated carbocycles. The Balaban J connectivity index is 2.60. The highest BCUT2D eigenvalue weighted by Crippen LogP contribution is 2.38. The van der Waals surface area contributed by atoms with E-state index in [1.807, 2.05) is 0 Å². The second kappa shape index (κ2) is 3.17. The van der Waals surface area contributed by atoms with Crippen LogP contribution in [0.25, 0.3) is 0 Å². The second-order valence-electron chi connectivity index (χ2n) is 4.69. The van der Waals surface area contributed by atoms with Crippen LogP contribution in [0.4, 0.5) is 0 Å². The molecule has 0 aromatic carbocycles. The van der Waals surface area contributed by atoms with E-state index in [-0.39, 0.29) is 17.1 Å². The Hall–Kier alpha value is -0.370. The molecule has 0 spiro atoms. The van der Waals surface area contributed by atoms with E-state index in [2.05, 4.69) is 13.8 Å². The molecule has 0 amide bonds. The summed E-state index contributed by atoms with van der Waals surface area (Å²) in [5, 5.41) is 9.65. The van der Waals surface area contributed by atoms with Crippen molar-refractivity contribution in [2.24, 2.45) is 11.3 Å². The van der Waals surface area contributed by atoms with Gasteiger partial charge in [0.05, 0.1) is 6.10 Å². The van der Waals surface area contributed by atoms with Crippen molar-refractivity contribution >= 4 is 5.78 Å². The van der Waals surface area contributed by atoms with Gasteiger partial charge in [-0.05, 0) is 31.6 Å². The van der Waals surface area contributed by atoms with Crippen molar-refractivity contribution in [1.82, 2.24) is 0 Å². The first-order chi connectivity index (χ1) is 5.42. The number of aliphatic hydroxyl groups is 1. The van der Waals surface area contributed by atoms with Crippen LogP contribution in [0.1, 0.15) is 40.0 Å². The quantitative estimate of drug-likeness (QED) is 0.651. The van der Waals surface area contributed by atoms with Crippen LogP contribution in [0, 0.1) is 11.3 Å². The Morgan fingerprint density at radius 2 is 2.08 bits per heavy atom. The van der Waals surface area contributed by atoms with Gasteiger partial charge in [0.15, 0.2) is 0 Å². The van der Waals surface area contributed by atoms with Gasteiger partial charge in [-0.15, -0.1) is 0 Å². The van der Waals surface area contributed by atoms with Crippen molar-refractivity contribution in [3.05, 3.63) is 0 Å². The minimum Gasteiger partial charge on any atom is -0.392 e. The van der Waals surface area contributed by atoms with Crippen molar-refractivity contribution in [2.45, 2.75) is 46.1 Å². The molecule has 0 unspecified atom stereocenters. The normalized spacial score (nSPS) is 34.7. The summed E-state index contributed by atoms with van der Waals surface area (Å²) in [6.07, 6.45) is 2.25. The van der Waals surface area contributed by atoms with Gasteiger partial charge in [0.25, 0.3) is 0 Å². The van der Waals surface area contributed by atoms with Crippen molar-refractivity contribution in [3.63, 3.8) is 0 Å².